The average molecular weight is 269 g/mol. The molecule has 6 heteroatoms. The molecule has 5 nitrogen and oxygen atoms in total. The molecule has 0 aromatic carbocycles. The van der Waals surface area contributed by atoms with Crippen LogP contribution in [0.4, 0.5) is 5.00 Å². The van der Waals surface area contributed by atoms with E-state index < -0.39 is 11.6 Å². The standard InChI is InChI=1S/C12H15NO4S/c1-7(15)13-10-9(5-8(6-14)18-10)11(16)17-12(2,3)4/h5-6H,1-4H3,(H,13,15). The third-order valence-electron chi connectivity index (χ3n) is 1.78. The van der Waals surface area contributed by atoms with Crippen molar-refractivity contribution in [1.82, 2.24) is 0 Å². The number of thiophene rings is 1. The number of ether oxygens (including phenoxy) is 1. The molecule has 1 N–H and O–H groups in total. The maximum atomic E-state index is 11.9. The molecule has 0 radical (unpaired) electrons. The van der Waals surface area contributed by atoms with Crippen molar-refractivity contribution in [3.63, 3.8) is 0 Å². The number of amides is 1. The van der Waals surface area contributed by atoms with E-state index in [0.717, 1.165) is 11.3 Å². The van der Waals surface area contributed by atoms with Gasteiger partial charge in [-0.15, -0.1) is 11.3 Å². The SMILES string of the molecule is CC(=O)Nc1sc(C=O)cc1C(=O)OC(C)(C)C. The molecule has 0 saturated heterocycles. The van der Waals surface area contributed by atoms with Gasteiger partial charge in [-0.05, 0) is 26.8 Å². The van der Waals surface area contributed by atoms with E-state index in [0.29, 0.717) is 16.2 Å². The molecule has 1 amide bonds. The van der Waals surface area contributed by atoms with Gasteiger partial charge in [-0.25, -0.2) is 4.79 Å². The van der Waals surface area contributed by atoms with Gasteiger partial charge < -0.3 is 10.1 Å². The molecular formula is C12H15NO4S. The van der Waals surface area contributed by atoms with Crippen LogP contribution in [0.2, 0.25) is 0 Å². The van der Waals surface area contributed by atoms with E-state index in [1.54, 1.807) is 20.8 Å². The van der Waals surface area contributed by atoms with Crippen LogP contribution in [0.5, 0.6) is 0 Å². The summed E-state index contributed by atoms with van der Waals surface area (Å²) in [7, 11) is 0. The number of rotatable bonds is 3. The van der Waals surface area contributed by atoms with Crippen LogP contribution in [-0.4, -0.2) is 23.8 Å². The smallest absolute Gasteiger partial charge is 0.341 e. The van der Waals surface area contributed by atoms with Crippen molar-refractivity contribution in [2.45, 2.75) is 33.3 Å². The van der Waals surface area contributed by atoms with E-state index in [4.69, 9.17) is 4.74 Å². The molecular weight excluding hydrogens is 254 g/mol. The fraction of sp³-hybridized carbons (Fsp3) is 0.417. The highest BCUT2D eigenvalue weighted by molar-refractivity contribution is 7.18. The number of carbonyl (C=O) groups is 3. The van der Waals surface area contributed by atoms with E-state index in [9.17, 15) is 14.4 Å². The van der Waals surface area contributed by atoms with Crippen molar-refractivity contribution in [3.8, 4) is 0 Å². The second-order valence-electron chi connectivity index (χ2n) is 4.69. The third kappa shape index (κ3) is 3.96. The van der Waals surface area contributed by atoms with Crippen LogP contribution in [0.1, 0.15) is 47.7 Å². The number of nitrogens with one attached hydrogen (secondary N) is 1. The molecule has 18 heavy (non-hydrogen) atoms. The maximum absolute atomic E-state index is 11.9. The average Bonchev–Trinajstić information content (AvgIpc) is 2.57. The molecule has 0 atom stereocenters. The second kappa shape index (κ2) is 5.30. The Labute approximate surface area is 109 Å². The van der Waals surface area contributed by atoms with Gasteiger partial charge in [0.25, 0.3) is 0 Å². The minimum atomic E-state index is -0.631. The first-order valence-electron chi connectivity index (χ1n) is 5.33. The van der Waals surface area contributed by atoms with Crippen molar-refractivity contribution in [3.05, 3.63) is 16.5 Å². The number of carbonyl (C=O) groups excluding carboxylic acids is 3. The van der Waals surface area contributed by atoms with E-state index >= 15 is 0 Å². The molecule has 0 unspecified atom stereocenters. The maximum Gasteiger partial charge on any atom is 0.341 e. The molecule has 1 rings (SSSR count). The molecule has 1 aromatic heterocycles. The lowest BCUT2D eigenvalue weighted by Gasteiger charge is -2.19. The summed E-state index contributed by atoms with van der Waals surface area (Å²) in [4.78, 5) is 34.0. The molecule has 0 fully saturated rings. The lowest BCUT2D eigenvalue weighted by atomic mass is 10.2. The number of hydrogen-bond acceptors (Lipinski definition) is 5. The molecule has 1 aromatic rings. The minimum absolute atomic E-state index is 0.201. The van der Waals surface area contributed by atoms with Crippen molar-refractivity contribution in [2.75, 3.05) is 5.32 Å². The summed E-state index contributed by atoms with van der Waals surface area (Å²) in [5.74, 6) is -0.866. The van der Waals surface area contributed by atoms with Gasteiger partial charge in [0.15, 0.2) is 6.29 Å². The van der Waals surface area contributed by atoms with Gasteiger partial charge in [0, 0.05) is 6.92 Å². The Morgan fingerprint density at radius 3 is 2.44 bits per heavy atom. The fourth-order valence-electron chi connectivity index (χ4n) is 1.21. The number of esters is 1. The van der Waals surface area contributed by atoms with Crippen molar-refractivity contribution in [1.29, 1.82) is 0 Å². The van der Waals surface area contributed by atoms with Crippen molar-refractivity contribution >= 4 is 34.5 Å². The van der Waals surface area contributed by atoms with Crippen LogP contribution in [0.3, 0.4) is 0 Å². The number of aldehydes is 1. The fourth-order valence-corrected chi connectivity index (χ4v) is 2.11. The van der Waals surface area contributed by atoms with Crippen molar-refractivity contribution in [2.24, 2.45) is 0 Å². The quantitative estimate of drug-likeness (QED) is 0.676. The van der Waals surface area contributed by atoms with E-state index in [-0.39, 0.29) is 11.5 Å². The normalized spacial score (nSPS) is 10.9. The predicted molar refractivity (Wildman–Crippen MR) is 69.2 cm³/mol. The van der Waals surface area contributed by atoms with Crippen LogP contribution < -0.4 is 5.32 Å². The Balaban J connectivity index is 3.05. The van der Waals surface area contributed by atoms with Crippen LogP contribution in [0.15, 0.2) is 6.07 Å². The minimum Gasteiger partial charge on any atom is -0.456 e. The molecule has 98 valence electrons. The van der Waals surface area contributed by atoms with Crippen LogP contribution >= 0.6 is 11.3 Å². The lowest BCUT2D eigenvalue weighted by molar-refractivity contribution is -0.114. The summed E-state index contributed by atoms with van der Waals surface area (Å²) >= 11 is 1.04. The molecule has 0 aliphatic heterocycles. The van der Waals surface area contributed by atoms with Crippen LogP contribution in [0, 0.1) is 0 Å². The summed E-state index contributed by atoms with van der Waals surface area (Å²) in [5, 5.41) is 2.85. The Bertz CT molecular complexity index is 485. The van der Waals surface area contributed by atoms with Crippen LogP contribution in [0.25, 0.3) is 0 Å². The van der Waals surface area contributed by atoms with Crippen LogP contribution in [-0.2, 0) is 9.53 Å². The Hall–Kier alpha value is -1.69. The monoisotopic (exact) mass is 269 g/mol. The summed E-state index contributed by atoms with van der Waals surface area (Å²) in [5.41, 5.74) is -0.430. The van der Waals surface area contributed by atoms with E-state index in [1.165, 1.54) is 13.0 Å². The molecule has 0 aliphatic carbocycles. The van der Waals surface area contributed by atoms with Gasteiger partial charge in [0.1, 0.15) is 10.6 Å². The number of hydrogen-bond donors (Lipinski definition) is 1. The van der Waals surface area contributed by atoms with Gasteiger partial charge in [0.05, 0.1) is 10.4 Å². The Morgan fingerprint density at radius 2 is 2.00 bits per heavy atom. The highest BCUT2D eigenvalue weighted by Crippen LogP contribution is 2.29. The molecule has 1 heterocycles. The Morgan fingerprint density at radius 1 is 1.39 bits per heavy atom. The summed E-state index contributed by atoms with van der Waals surface area (Å²) in [6, 6.07) is 1.41. The highest BCUT2D eigenvalue weighted by atomic mass is 32.1. The van der Waals surface area contributed by atoms with Gasteiger partial charge in [-0.2, -0.15) is 0 Å². The Kier molecular flexibility index (Phi) is 4.24. The van der Waals surface area contributed by atoms with E-state index in [1.807, 2.05) is 0 Å². The molecule has 0 bridgehead atoms. The zero-order chi connectivity index (χ0) is 13.9. The molecule has 0 saturated carbocycles. The summed E-state index contributed by atoms with van der Waals surface area (Å²) < 4.78 is 5.20. The number of anilines is 1. The van der Waals surface area contributed by atoms with Gasteiger partial charge in [-0.3, -0.25) is 9.59 Å². The molecule has 0 spiro atoms. The first kappa shape index (κ1) is 14.4. The van der Waals surface area contributed by atoms with Gasteiger partial charge >= 0.3 is 5.97 Å². The first-order chi connectivity index (χ1) is 8.23. The summed E-state index contributed by atoms with van der Waals surface area (Å²) in [6.07, 6.45) is 0.629. The molecule has 0 aliphatic rings. The second-order valence-corrected chi connectivity index (χ2v) is 5.78. The summed E-state index contributed by atoms with van der Waals surface area (Å²) in [6.45, 7) is 6.57. The zero-order valence-corrected chi connectivity index (χ0v) is 11.5. The third-order valence-corrected chi connectivity index (χ3v) is 2.75. The van der Waals surface area contributed by atoms with Gasteiger partial charge in [-0.1, -0.05) is 0 Å². The van der Waals surface area contributed by atoms with Gasteiger partial charge in [0.2, 0.25) is 5.91 Å². The first-order valence-corrected chi connectivity index (χ1v) is 6.14. The largest absolute Gasteiger partial charge is 0.456 e. The zero-order valence-electron chi connectivity index (χ0n) is 10.7. The van der Waals surface area contributed by atoms with E-state index in [2.05, 4.69) is 5.32 Å². The topological polar surface area (TPSA) is 72.5 Å². The highest BCUT2D eigenvalue weighted by Gasteiger charge is 2.23. The predicted octanol–water partition coefficient (Wildman–Crippen LogP) is 2.47. The van der Waals surface area contributed by atoms with Crippen molar-refractivity contribution < 1.29 is 19.1 Å². The lowest BCUT2D eigenvalue weighted by Crippen LogP contribution is -2.24.